The van der Waals surface area contributed by atoms with Gasteiger partial charge in [0.15, 0.2) is 18.3 Å². The zero-order chi connectivity index (χ0) is 17.7. The highest BCUT2D eigenvalue weighted by atomic mass is 32.1. The first-order valence-electron chi connectivity index (χ1n) is 6.01. The second-order valence-corrected chi connectivity index (χ2v) is 4.61. The SMILES string of the molecule is CNC(=S)Nc1cc(OCC(F)(F)F)cc(OCC(F)(F)F)c1. The van der Waals surface area contributed by atoms with Crippen molar-refractivity contribution in [3.63, 3.8) is 0 Å². The Hall–Kier alpha value is -1.91. The molecule has 0 aromatic heterocycles. The topological polar surface area (TPSA) is 42.5 Å². The summed E-state index contributed by atoms with van der Waals surface area (Å²) in [5.74, 6) is -0.633. The molecule has 0 fully saturated rings. The second kappa shape index (κ2) is 7.57. The number of alkyl halides is 6. The quantitative estimate of drug-likeness (QED) is 0.620. The Morgan fingerprint density at radius 2 is 1.39 bits per heavy atom. The van der Waals surface area contributed by atoms with E-state index in [2.05, 4.69) is 20.1 Å². The van der Waals surface area contributed by atoms with Gasteiger partial charge in [0.1, 0.15) is 11.5 Å². The molecule has 0 amide bonds. The summed E-state index contributed by atoms with van der Waals surface area (Å²) in [6.45, 7) is -3.18. The van der Waals surface area contributed by atoms with Crippen molar-refractivity contribution < 1.29 is 35.8 Å². The molecule has 2 N–H and O–H groups in total. The van der Waals surface area contributed by atoms with Crippen LogP contribution in [0.15, 0.2) is 18.2 Å². The molecular weight excluding hydrogens is 350 g/mol. The van der Waals surface area contributed by atoms with Crippen LogP contribution in [-0.4, -0.2) is 37.7 Å². The van der Waals surface area contributed by atoms with Crippen LogP contribution in [0.3, 0.4) is 0 Å². The van der Waals surface area contributed by atoms with Gasteiger partial charge in [-0.1, -0.05) is 0 Å². The van der Waals surface area contributed by atoms with Crippen molar-refractivity contribution in [2.24, 2.45) is 0 Å². The van der Waals surface area contributed by atoms with Gasteiger partial charge in [-0.2, -0.15) is 26.3 Å². The molecular formula is C12H12F6N2O2S. The van der Waals surface area contributed by atoms with Gasteiger partial charge in [0, 0.05) is 30.9 Å². The molecule has 0 saturated heterocycles. The smallest absolute Gasteiger partial charge is 0.422 e. The molecule has 23 heavy (non-hydrogen) atoms. The van der Waals surface area contributed by atoms with Crippen LogP contribution >= 0.6 is 12.2 Å². The number of hydrogen-bond donors (Lipinski definition) is 2. The number of hydrogen-bond acceptors (Lipinski definition) is 3. The maximum Gasteiger partial charge on any atom is 0.422 e. The minimum Gasteiger partial charge on any atom is -0.484 e. The van der Waals surface area contributed by atoms with Crippen LogP contribution in [-0.2, 0) is 0 Å². The lowest BCUT2D eigenvalue weighted by Gasteiger charge is -2.15. The Labute approximate surface area is 132 Å². The molecule has 0 aliphatic carbocycles. The summed E-state index contributed by atoms with van der Waals surface area (Å²) in [7, 11) is 1.49. The van der Waals surface area contributed by atoms with E-state index in [0.29, 0.717) is 0 Å². The standard InChI is InChI=1S/C12H12F6N2O2S/c1-19-10(23)20-7-2-8(21-5-11(13,14)15)4-9(3-7)22-6-12(16,17)18/h2-4H,5-6H2,1H3,(H2,19,20,23). The first-order chi connectivity index (χ1) is 10.5. The number of halogens is 6. The molecule has 0 spiro atoms. The van der Waals surface area contributed by atoms with E-state index in [1.165, 1.54) is 7.05 Å². The monoisotopic (exact) mass is 362 g/mol. The largest absolute Gasteiger partial charge is 0.484 e. The van der Waals surface area contributed by atoms with Crippen molar-refractivity contribution >= 4 is 23.0 Å². The molecule has 0 unspecified atom stereocenters. The Bertz CT molecular complexity index is 511. The summed E-state index contributed by atoms with van der Waals surface area (Å²) >= 11 is 4.81. The van der Waals surface area contributed by atoms with Crippen LogP contribution in [0.2, 0.25) is 0 Å². The van der Waals surface area contributed by atoms with E-state index in [-0.39, 0.29) is 22.3 Å². The molecule has 0 bridgehead atoms. The number of nitrogens with one attached hydrogen (secondary N) is 2. The average molecular weight is 362 g/mol. The highest BCUT2D eigenvalue weighted by Gasteiger charge is 2.30. The Morgan fingerprint density at radius 1 is 0.957 bits per heavy atom. The van der Waals surface area contributed by atoms with Crippen molar-refractivity contribution in [1.82, 2.24) is 5.32 Å². The number of thiocarbonyl (C=S) groups is 1. The molecule has 11 heteroatoms. The van der Waals surface area contributed by atoms with Crippen molar-refractivity contribution in [1.29, 1.82) is 0 Å². The van der Waals surface area contributed by atoms with E-state index >= 15 is 0 Å². The Morgan fingerprint density at radius 3 is 1.74 bits per heavy atom. The summed E-state index contributed by atoms with van der Waals surface area (Å²) in [6, 6.07) is 3.22. The molecule has 1 aromatic rings. The maximum atomic E-state index is 12.2. The van der Waals surface area contributed by atoms with Gasteiger partial charge in [0.2, 0.25) is 0 Å². The van der Waals surface area contributed by atoms with Gasteiger partial charge >= 0.3 is 12.4 Å². The number of rotatable bonds is 5. The Balaban J connectivity index is 2.94. The van der Waals surface area contributed by atoms with E-state index < -0.39 is 25.6 Å². The number of benzene rings is 1. The van der Waals surface area contributed by atoms with E-state index in [4.69, 9.17) is 12.2 Å². The fraction of sp³-hybridized carbons (Fsp3) is 0.417. The van der Waals surface area contributed by atoms with Crippen LogP contribution in [0.1, 0.15) is 0 Å². The molecule has 0 atom stereocenters. The number of anilines is 1. The molecule has 0 aliphatic rings. The van der Waals surface area contributed by atoms with Crippen LogP contribution in [0.5, 0.6) is 11.5 Å². The van der Waals surface area contributed by atoms with Gasteiger partial charge < -0.3 is 20.1 Å². The van der Waals surface area contributed by atoms with Gasteiger partial charge in [0.05, 0.1) is 0 Å². The molecule has 4 nitrogen and oxygen atoms in total. The molecule has 1 aromatic carbocycles. The van der Waals surface area contributed by atoms with Gasteiger partial charge in [-0.05, 0) is 12.2 Å². The zero-order valence-electron chi connectivity index (χ0n) is 11.6. The first kappa shape index (κ1) is 19.1. The molecule has 0 heterocycles. The third-order valence-electron chi connectivity index (χ3n) is 2.17. The van der Waals surface area contributed by atoms with Crippen LogP contribution in [0.25, 0.3) is 0 Å². The van der Waals surface area contributed by atoms with Crippen LogP contribution in [0.4, 0.5) is 32.0 Å². The molecule has 130 valence electrons. The lowest BCUT2D eigenvalue weighted by Crippen LogP contribution is -2.24. The van der Waals surface area contributed by atoms with E-state index in [9.17, 15) is 26.3 Å². The minimum absolute atomic E-state index is 0.111. The van der Waals surface area contributed by atoms with Gasteiger partial charge in [-0.25, -0.2) is 0 Å². The van der Waals surface area contributed by atoms with Crippen molar-refractivity contribution in [3.8, 4) is 11.5 Å². The highest BCUT2D eigenvalue weighted by Crippen LogP contribution is 2.29. The van der Waals surface area contributed by atoms with Gasteiger partial charge in [-0.3, -0.25) is 0 Å². The predicted molar refractivity (Wildman–Crippen MR) is 74.8 cm³/mol. The summed E-state index contributed by atoms with van der Waals surface area (Å²) in [6.07, 6.45) is -9.17. The predicted octanol–water partition coefficient (Wildman–Crippen LogP) is 3.49. The molecule has 1 rings (SSSR count). The molecule has 0 radical (unpaired) electrons. The molecule has 0 aliphatic heterocycles. The lowest BCUT2D eigenvalue weighted by atomic mass is 10.2. The van der Waals surface area contributed by atoms with Crippen molar-refractivity contribution in [2.45, 2.75) is 12.4 Å². The summed E-state index contributed by atoms with van der Waals surface area (Å²) in [5, 5.41) is 5.22. The maximum absolute atomic E-state index is 12.2. The first-order valence-corrected chi connectivity index (χ1v) is 6.42. The van der Waals surface area contributed by atoms with Crippen molar-refractivity contribution in [2.75, 3.05) is 25.6 Å². The summed E-state index contributed by atoms with van der Waals surface area (Å²) in [4.78, 5) is 0. The average Bonchev–Trinajstić information content (AvgIpc) is 2.41. The van der Waals surface area contributed by atoms with E-state index in [0.717, 1.165) is 18.2 Å². The van der Waals surface area contributed by atoms with Crippen LogP contribution < -0.4 is 20.1 Å². The van der Waals surface area contributed by atoms with Crippen LogP contribution in [0, 0.1) is 0 Å². The van der Waals surface area contributed by atoms with Gasteiger partial charge in [0.25, 0.3) is 0 Å². The van der Waals surface area contributed by atoms with Gasteiger partial charge in [-0.15, -0.1) is 0 Å². The fourth-order valence-corrected chi connectivity index (χ4v) is 1.45. The third kappa shape index (κ3) is 8.33. The molecule has 0 saturated carbocycles. The minimum atomic E-state index is -4.59. The Kier molecular flexibility index (Phi) is 6.30. The van der Waals surface area contributed by atoms with E-state index in [1.54, 1.807) is 0 Å². The van der Waals surface area contributed by atoms with Crippen molar-refractivity contribution in [3.05, 3.63) is 18.2 Å². The summed E-state index contributed by atoms with van der Waals surface area (Å²) in [5.41, 5.74) is 0.112. The third-order valence-corrected chi connectivity index (χ3v) is 2.48. The fourth-order valence-electron chi connectivity index (χ4n) is 1.33. The highest BCUT2D eigenvalue weighted by molar-refractivity contribution is 7.80. The second-order valence-electron chi connectivity index (χ2n) is 4.20. The zero-order valence-corrected chi connectivity index (χ0v) is 12.5. The van der Waals surface area contributed by atoms with E-state index in [1.807, 2.05) is 0 Å². The lowest BCUT2D eigenvalue weighted by molar-refractivity contribution is -0.153. The normalized spacial score (nSPS) is 11.8. The summed E-state index contributed by atoms with van der Waals surface area (Å²) < 4.78 is 82.0. The number of ether oxygens (including phenoxy) is 2.